The van der Waals surface area contributed by atoms with E-state index < -0.39 is 27.0 Å². The van der Waals surface area contributed by atoms with Crippen molar-refractivity contribution in [1.29, 1.82) is 0 Å². The fraction of sp³-hybridized carbons (Fsp3) is 0.818. The lowest BCUT2D eigenvalue weighted by atomic mass is 9.76. The summed E-state index contributed by atoms with van der Waals surface area (Å²) in [4.78, 5) is 11.8. The van der Waals surface area contributed by atoms with Crippen LogP contribution in [-0.4, -0.2) is 42.9 Å². The molecule has 1 saturated carbocycles. The van der Waals surface area contributed by atoms with Gasteiger partial charge in [0.05, 0.1) is 0 Å². The number of carbonyl (C=O) groups excluding carboxylic acids is 1. The Morgan fingerprint density at radius 1 is 1.47 bits per heavy atom. The second kappa shape index (κ2) is 5.77. The van der Waals surface area contributed by atoms with Crippen LogP contribution in [-0.2, 0) is 14.6 Å². The van der Waals surface area contributed by atoms with Crippen molar-refractivity contribution in [2.75, 3.05) is 12.0 Å². The molecule has 1 aliphatic carbocycles. The summed E-state index contributed by atoms with van der Waals surface area (Å²) in [7, 11) is -3.40. The van der Waals surface area contributed by atoms with E-state index in [4.69, 9.17) is 10.9 Å². The zero-order chi connectivity index (χ0) is 14.7. The molecule has 4 N–H and O–H groups in total. The van der Waals surface area contributed by atoms with Crippen LogP contribution < -0.4 is 11.1 Å². The average Bonchev–Trinajstić information content (AvgIpc) is 2.29. The molecule has 0 saturated heterocycles. The molecule has 0 unspecified atom stereocenters. The molecule has 0 aromatic heterocycles. The fourth-order valence-electron chi connectivity index (χ4n) is 2.34. The maximum atomic E-state index is 11.8. The van der Waals surface area contributed by atoms with Crippen molar-refractivity contribution in [1.82, 2.24) is 5.32 Å². The predicted octanol–water partition coefficient (Wildman–Crippen LogP) is -0.157. The van der Waals surface area contributed by atoms with E-state index in [1.807, 2.05) is 0 Å². The van der Waals surface area contributed by atoms with E-state index in [0.29, 0.717) is 18.8 Å². The highest BCUT2D eigenvalue weighted by atomic mass is 32.2. The lowest BCUT2D eigenvalue weighted by Crippen LogP contribution is -2.60. The van der Waals surface area contributed by atoms with Gasteiger partial charge in [-0.2, -0.15) is 0 Å². The first-order valence-electron chi connectivity index (χ1n) is 6.15. The molecular formula is C11H21N3O4S. The molecule has 0 heterocycles. The Morgan fingerprint density at radius 2 is 2.00 bits per heavy atom. The Bertz CT molecular complexity index is 464. The molecule has 1 rings (SSSR count). The molecule has 1 fully saturated rings. The summed E-state index contributed by atoms with van der Waals surface area (Å²) in [5.41, 5.74) is 4.75. The van der Waals surface area contributed by atoms with Crippen molar-refractivity contribution in [3.63, 3.8) is 0 Å². The van der Waals surface area contributed by atoms with Gasteiger partial charge in [0.2, 0.25) is 5.91 Å². The zero-order valence-corrected chi connectivity index (χ0v) is 12.0. The highest BCUT2D eigenvalue weighted by Crippen LogP contribution is 2.32. The van der Waals surface area contributed by atoms with E-state index in [1.165, 1.54) is 0 Å². The molecule has 1 aliphatic rings. The van der Waals surface area contributed by atoms with Crippen LogP contribution in [0.3, 0.4) is 0 Å². The second-order valence-electron chi connectivity index (χ2n) is 5.37. The summed E-state index contributed by atoms with van der Waals surface area (Å²) in [6, 6.07) is 0. The van der Waals surface area contributed by atoms with Crippen molar-refractivity contribution in [3.8, 4) is 0 Å². The molecule has 19 heavy (non-hydrogen) atoms. The number of nitrogens with one attached hydrogen (secondary N) is 1. The summed E-state index contributed by atoms with van der Waals surface area (Å²) in [6.45, 7) is 2.09. The minimum atomic E-state index is -3.40. The first kappa shape index (κ1) is 15.7. The van der Waals surface area contributed by atoms with Crippen LogP contribution in [0.25, 0.3) is 0 Å². The van der Waals surface area contributed by atoms with Gasteiger partial charge >= 0.3 is 0 Å². The van der Waals surface area contributed by atoms with E-state index in [-0.39, 0.29) is 5.84 Å². The summed E-state index contributed by atoms with van der Waals surface area (Å²) in [5, 5.41) is 14.5. The smallest absolute Gasteiger partial charge is 0.235 e. The standard InChI is InChI=1S/C11H21N3O4S/c1-8-3-5-11(6-4-8,10(12)14-16)13-9(15)7-19(2,17)18/h8,16H,3-7H2,1-2H3,(H2,12,14)(H,13,15). The van der Waals surface area contributed by atoms with Crippen molar-refractivity contribution < 1.29 is 18.4 Å². The van der Waals surface area contributed by atoms with Gasteiger partial charge in [-0.25, -0.2) is 8.42 Å². The number of oxime groups is 1. The molecule has 110 valence electrons. The third-order valence-electron chi connectivity index (χ3n) is 3.50. The highest BCUT2D eigenvalue weighted by molar-refractivity contribution is 7.91. The van der Waals surface area contributed by atoms with Gasteiger partial charge in [-0.05, 0) is 31.6 Å². The number of hydrogen-bond donors (Lipinski definition) is 3. The van der Waals surface area contributed by atoms with Crippen LogP contribution in [0.2, 0.25) is 0 Å². The minimum absolute atomic E-state index is 0.0683. The monoisotopic (exact) mass is 291 g/mol. The van der Waals surface area contributed by atoms with Gasteiger partial charge in [0, 0.05) is 6.26 Å². The van der Waals surface area contributed by atoms with E-state index in [0.717, 1.165) is 19.1 Å². The first-order valence-corrected chi connectivity index (χ1v) is 8.21. The molecular weight excluding hydrogens is 270 g/mol. The molecule has 0 aliphatic heterocycles. The van der Waals surface area contributed by atoms with Gasteiger partial charge in [-0.1, -0.05) is 12.1 Å². The van der Waals surface area contributed by atoms with E-state index >= 15 is 0 Å². The number of amidine groups is 1. The van der Waals surface area contributed by atoms with Gasteiger partial charge in [-0.15, -0.1) is 0 Å². The first-order chi connectivity index (χ1) is 8.68. The van der Waals surface area contributed by atoms with Crippen LogP contribution >= 0.6 is 0 Å². The predicted molar refractivity (Wildman–Crippen MR) is 71.6 cm³/mol. The number of amides is 1. The number of rotatable bonds is 4. The minimum Gasteiger partial charge on any atom is -0.409 e. The largest absolute Gasteiger partial charge is 0.409 e. The maximum absolute atomic E-state index is 11.8. The number of carbonyl (C=O) groups is 1. The highest BCUT2D eigenvalue weighted by Gasteiger charge is 2.40. The molecule has 0 atom stereocenters. The third kappa shape index (κ3) is 4.38. The van der Waals surface area contributed by atoms with Crippen molar-refractivity contribution >= 4 is 21.6 Å². The van der Waals surface area contributed by atoms with Crippen molar-refractivity contribution in [2.24, 2.45) is 16.8 Å². The van der Waals surface area contributed by atoms with Crippen molar-refractivity contribution in [3.05, 3.63) is 0 Å². The Labute approximate surface area is 113 Å². The van der Waals surface area contributed by atoms with Gasteiger partial charge in [0.15, 0.2) is 15.7 Å². The summed E-state index contributed by atoms with van der Waals surface area (Å²) < 4.78 is 22.2. The molecule has 7 nitrogen and oxygen atoms in total. The Kier molecular flexibility index (Phi) is 4.78. The summed E-state index contributed by atoms with van der Waals surface area (Å²) in [6.07, 6.45) is 3.73. The Morgan fingerprint density at radius 3 is 2.42 bits per heavy atom. The van der Waals surface area contributed by atoms with Crippen LogP contribution in [0, 0.1) is 5.92 Å². The average molecular weight is 291 g/mol. The Hall–Kier alpha value is -1.31. The number of nitrogens with two attached hydrogens (primary N) is 1. The fourth-order valence-corrected chi connectivity index (χ4v) is 2.89. The Balaban J connectivity index is 2.85. The van der Waals surface area contributed by atoms with Gasteiger partial charge in [0.25, 0.3) is 0 Å². The maximum Gasteiger partial charge on any atom is 0.235 e. The second-order valence-corrected chi connectivity index (χ2v) is 7.51. The normalized spacial score (nSPS) is 28.9. The summed E-state index contributed by atoms with van der Waals surface area (Å²) in [5.74, 6) is -0.778. The van der Waals surface area contributed by atoms with Crippen LogP contribution in [0.1, 0.15) is 32.6 Å². The third-order valence-corrected chi connectivity index (χ3v) is 4.28. The molecule has 0 bridgehead atoms. The molecule has 1 amide bonds. The van der Waals surface area contributed by atoms with Crippen LogP contribution in [0.5, 0.6) is 0 Å². The van der Waals surface area contributed by atoms with Gasteiger partial charge in [-0.3, -0.25) is 4.79 Å². The van der Waals surface area contributed by atoms with Crippen molar-refractivity contribution in [2.45, 2.75) is 38.1 Å². The molecule has 0 spiro atoms. The molecule has 0 radical (unpaired) electrons. The van der Waals surface area contributed by atoms with E-state index in [2.05, 4.69) is 17.4 Å². The quantitative estimate of drug-likeness (QED) is 0.287. The van der Waals surface area contributed by atoms with Crippen LogP contribution in [0.15, 0.2) is 5.16 Å². The van der Waals surface area contributed by atoms with E-state index in [9.17, 15) is 13.2 Å². The van der Waals surface area contributed by atoms with Gasteiger partial charge in [0.1, 0.15) is 11.3 Å². The molecule has 8 heteroatoms. The SMILES string of the molecule is CC1CCC(NC(=O)CS(C)(=O)=O)(C(N)=NO)CC1. The summed E-state index contributed by atoms with van der Waals surface area (Å²) >= 11 is 0. The van der Waals surface area contributed by atoms with E-state index in [1.54, 1.807) is 0 Å². The topological polar surface area (TPSA) is 122 Å². The lowest BCUT2D eigenvalue weighted by molar-refractivity contribution is -0.120. The number of hydrogen-bond acceptors (Lipinski definition) is 5. The molecule has 0 aromatic carbocycles. The lowest BCUT2D eigenvalue weighted by Gasteiger charge is -2.38. The van der Waals surface area contributed by atoms with Crippen LogP contribution in [0.4, 0.5) is 0 Å². The zero-order valence-electron chi connectivity index (χ0n) is 11.2. The molecule has 0 aromatic rings. The van der Waals surface area contributed by atoms with Gasteiger partial charge < -0.3 is 16.3 Å². The number of sulfone groups is 1. The number of nitrogens with zero attached hydrogens (tertiary/aromatic N) is 1.